The molecule has 1 aromatic carbocycles. The van der Waals surface area contributed by atoms with Gasteiger partial charge in [-0.25, -0.2) is 4.98 Å². The molecular formula is C20H26N2OS. The molecule has 1 amide bonds. The Morgan fingerprint density at radius 2 is 2.04 bits per heavy atom. The van der Waals surface area contributed by atoms with E-state index in [2.05, 4.69) is 36.3 Å². The lowest BCUT2D eigenvalue weighted by molar-refractivity contribution is -0.121. The smallest absolute Gasteiger partial charge is 0.226 e. The molecule has 1 heterocycles. The average Bonchev–Trinajstić information content (AvgIpc) is 2.99. The predicted molar refractivity (Wildman–Crippen MR) is 99.2 cm³/mol. The van der Waals surface area contributed by atoms with Gasteiger partial charge in [0.2, 0.25) is 5.91 Å². The first-order valence-electron chi connectivity index (χ1n) is 8.88. The van der Waals surface area contributed by atoms with Gasteiger partial charge in [-0.1, -0.05) is 57.0 Å². The molecule has 1 aliphatic carbocycles. The molecule has 0 saturated heterocycles. The molecule has 1 fully saturated rings. The average molecular weight is 343 g/mol. The largest absolute Gasteiger partial charge is 0.353 e. The lowest BCUT2D eigenvalue weighted by atomic mass is 9.78. The van der Waals surface area contributed by atoms with Crippen molar-refractivity contribution in [1.29, 1.82) is 0 Å². The van der Waals surface area contributed by atoms with Crippen LogP contribution in [0.3, 0.4) is 0 Å². The summed E-state index contributed by atoms with van der Waals surface area (Å²) in [6.45, 7) is 4.55. The van der Waals surface area contributed by atoms with E-state index in [1.54, 1.807) is 11.3 Å². The monoisotopic (exact) mass is 342 g/mol. The van der Waals surface area contributed by atoms with Crippen molar-refractivity contribution in [3.05, 3.63) is 52.0 Å². The number of benzene rings is 1. The van der Waals surface area contributed by atoms with Gasteiger partial charge in [0.25, 0.3) is 0 Å². The van der Waals surface area contributed by atoms with Crippen LogP contribution in [0.25, 0.3) is 0 Å². The van der Waals surface area contributed by atoms with Gasteiger partial charge in [0.15, 0.2) is 0 Å². The molecule has 2 aromatic rings. The Bertz CT molecular complexity index is 667. The highest BCUT2D eigenvalue weighted by atomic mass is 32.1. The van der Waals surface area contributed by atoms with Crippen molar-refractivity contribution in [2.24, 2.45) is 11.8 Å². The molecule has 128 valence electrons. The fraction of sp³-hybridized carbons (Fsp3) is 0.500. The molecule has 3 rings (SSSR count). The molecule has 4 heteroatoms. The van der Waals surface area contributed by atoms with Gasteiger partial charge in [-0.2, -0.15) is 0 Å². The molecule has 24 heavy (non-hydrogen) atoms. The minimum Gasteiger partial charge on any atom is -0.353 e. The second-order valence-electron chi connectivity index (χ2n) is 7.01. The number of aromatic nitrogens is 1. The van der Waals surface area contributed by atoms with Crippen LogP contribution in [0.5, 0.6) is 0 Å². The third-order valence-corrected chi connectivity index (χ3v) is 6.09. The topological polar surface area (TPSA) is 42.0 Å². The summed E-state index contributed by atoms with van der Waals surface area (Å²) in [4.78, 5) is 17.0. The van der Waals surface area contributed by atoms with E-state index in [0.717, 1.165) is 23.5 Å². The second-order valence-corrected chi connectivity index (χ2v) is 7.96. The maximum atomic E-state index is 12.4. The number of nitrogens with zero attached hydrogens (tertiary/aromatic N) is 1. The third-order valence-electron chi connectivity index (χ3n) is 5.19. The van der Waals surface area contributed by atoms with Crippen LogP contribution >= 0.6 is 11.3 Å². The summed E-state index contributed by atoms with van der Waals surface area (Å²) >= 11 is 1.64. The van der Waals surface area contributed by atoms with Crippen LogP contribution in [-0.4, -0.2) is 16.9 Å². The number of hydrogen-bond donors (Lipinski definition) is 1. The van der Waals surface area contributed by atoms with E-state index in [1.165, 1.54) is 18.4 Å². The Labute approximate surface area is 148 Å². The predicted octanol–water partition coefficient (Wildman–Crippen LogP) is 4.22. The Kier molecular flexibility index (Phi) is 5.67. The zero-order valence-electron chi connectivity index (χ0n) is 14.5. The maximum absolute atomic E-state index is 12.4. The van der Waals surface area contributed by atoms with E-state index in [4.69, 9.17) is 0 Å². The normalized spacial score (nSPS) is 23.8. The van der Waals surface area contributed by atoms with E-state index < -0.39 is 0 Å². The van der Waals surface area contributed by atoms with Crippen LogP contribution in [0.4, 0.5) is 0 Å². The molecular weight excluding hydrogens is 316 g/mol. The number of amides is 1. The number of nitrogens with one attached hydrogen (secondary N) is 1. The van der Waals surface area contributed by atoms with Crippen molar-refractivity contribution in [2.75, 3.05) is 0 Å². The lowest BCUT2D eigenvalue weighted by Crippen LogP contribution is -2.44. The van der Waals surface area contributed by atoms with E-state index >= 15 is 0 Å². The van der Waals surface area contributed by atoms with Crippen LogP contribution in [0.2, 0.25) is 0 Å². The van der Waals surface area contributed by atoms with Gasteiger partial charge >= 0.3 is 0 Å². The van der Waals surface area contributed by atoms with Gasteiger partial charge in [0.1, 0.15) is 0 Å². The zero-order chi connectivity index (χ0) is 16.9. The quantitative estimate of drug-likeness (QED) is 0.884. The Morgan fingerprint density at radius 1 is 1.25 bits per heavy atom. The molecule has 0 unspecified atom stereocenters. The van der Waals surface area contributed by atoms with Crippen LogP contribution in [0.15, 0.2) is 35.7 Å². The molecule has 1 aromatic heterocycles. The first-order chi connectivity index (χ1) is 11.6. The minimum atomic E-state index is 0.109. The zero-order valence-corrected chi connectivity index (χ0v) is 15.3. The third kappa shape index (κ3) is 4.44. The summed E-state index contributed by atoms with van der Waals surface area (Å²) in [7, 11) is 0. The summed E-state index contributed by atoms with van der Waals surface area (Å²) in [5, 5.41) is 6.32. The fourth-order valence-corrected chi connectivity index (χ4v) is 4.32. The van der Waals surface area contributed by atoms with Gasteiger partial charge in [0.05, 0.1) is 17.1 Å². The highest BCUT2D eigenvalue weighted by molar-refractivity contribution is 7.09. The van der Waals surface area contributed by atoms with Gasteiger partial charge < -0.3 is 5.32 Å². The van der Waals surface area contributed by atoms with Gasteiger partial charge in [0, 0.05) is 17.8 Å². The number of carbonyl (C=O) groups is 1. The number of carbonyl (C=O) groups excluding carboxylic acids is 1. The van der Waals surface area contributed by atoms with Crippen molar-refractivity contribution >= 4 is 17.2 Å². The SMILES string of the molecule is C[C@H]1[C@H](C)CCC[C@H]1NC(=O)Cc1csc(Cc2ccccc2)n1. The second kappa shape index (κ2) is 7.93. The van der Waals surface area contributed by atoms with Crippen molar-refractivity contribution in [3.8, 4) is 0 Å². The van der Waals surface area contributed by atoms with Crippen LogP contribution in [-0.2, 0) is 17.6 Å². The first kappa shape index (κ1) is 17.2. The number of thiazole rings is 1. The van der Waals surface area contributed by atoms with E-state index in [-0.39, 0.29) is 5.91 Å². The molecule has 1 aliphatic rings. The van der Waals surface area contributed by atoms with Gasteiger partial charge in [-0.3, -0.25) is 4.79 Å². The standard InChI is InChI=1S/C20H26N2OS/c1-14-7-6-10-18(15(14)2)22-19(23)12-17-13-24-20(21-17)11-16-8-4-3-5-9-16/h3-5,8-9,13-15,18H,6-7,10-12H2,1-2H3,(H,22,23)/t14-,15+,18-/m1/s1. The Balaban J connectivity index is 1.53. The summed E-state index contributed by atoms with van der Waals surface area (Å²) in [5.41, 5.74) is 2.15. The summed E-state index contributed by atoms with van der Waals surface area (Å²) in [6.07, 6.45) is 4.83. The molecule has 1 N–H and O–H groups in total. The van der Waals surface area contributed by atoms with Crippen molar-refractivity contribution in [3.63, 3.8) is 0 Å². The fourth-order valence-electron chi connectivity index (χ4n) is 3.49. The maximum Gasteiger partial charge on any atom is 0.226 e. The molecule has 0 radical (unpaired) electrons. The number of rotatable bonds is 5. The van der Waals surface area contributed by atoms with E-state index in [0.29, 0.717) is 24.3 Å². The minimum absolute atomic E-state index is 0.109. The molecule has 3 atom stereocenters. The Hall–Kier alpha value is -1.68. The summed E-state index contributed by atoms with van der Waals surface area (Å²) < 4.78 is 0. The molecule has 3 nitrogen and oxygen atoms in total. The van der Waals surface area contributed by atoms with Crippen LogP contribution < -0.4 is 5.32 Å². The van der Waals surface area contributed by atoms with Crippen LogP contribution in [0.1, 0.15) is 49.4 Å². The van der Waals surface area contributed by atoms with E-state index in [9.17, 15) is 4.79 Å². The molecule has 0 aliphatic heterocycles. The Morgan fingerprint density at radius 3 is 2.83 bits per heavy atom. The van der Waals surface area contributed by atoms with Crippen LogP contribution in [0, 0.1) is 11.8 Å². The molecule has 0 spiro atoms. The van der Waals surface area contributed by atoms with E-state index in [1.807, 2.05) is 23.6 Å². The van der Waals surface area contributed by atoms with Crippen molar-refractivity contribution in [2.45, 2.75) is 52.0 Å². The lowest BCUT2D eigenvalue weighted by Gasteiger charge is -2.34. The van der Waals surface area contributed by atoms with Crippen molar-refractivity contribution in [1.82, 2.24) is 10.3 Å². The molecule has 1 saturated carbocycles. The summed E-state index contributed by atoms with van der Waals surface area (Å²) in [5.74, 6) is 1.37. The molecule has 0 bridgehead atoms. The highest BCUT2D eigenvalue weighted by Crippen LogP contribution is 2.29. The first-order valence-corrected chi connectivity index (χ1v) is 9.76. The highest BCUT2D eigenvalue weighted by Gasteiger charge is 2.28. The summed E-state index contributed by atoms with van der Waals surface area (Å²) in [6, 6.07) is 10.7. The van der Waals surface area contributed by atoms with Crippen molar-refractivity contribution < 1.29 is 4.79 Å². The van der Waals surface area contributed by atoms with Gasteiger partial charge in [-0.05, 0) is 23.8 Å². The number of hydrogen-bond acceptors (Lipinski definition) is 3. The van der Waals surface area contributed by atoms with Gasteiger partial charge in [-0.15, -0.1) is 11.3 Å².